The molecule has 5 amide bonds. The lowest BCUT2D eigenvalue weighted by atomic mass is 9.78. The molecule has 4 aliphatic rings. The number of nitrogens with zero attached hydrogens (tertiary/aromatic N) is 2. The van der Waals surface area contributed by atoms with Crippen molar-refractivity contribution in [2.24, 2.45) is 29.4 Å². The lowest BCUT2D eigenvalue weighted by Crippen LogP contribution is -2.53. The maximum atomic E-state index is 14.6. The minimum absolute atomic E-state index is 0.00442. The maximum Gasteiger partial charge on any atom is 0.412 e. The van der Waals surface area contributed by atoms with E-state index in [0.29, 0.717) is 53.6 Å². The van der Waals surface area contributed by atoms with Crippen LogP contribution < -0.4 is 31.3 Å². The fraction of sp³-hybridized carbons (Fsp3) is 0.578. The summed E-state index contributed by atoms with van der Waals surface area (Å²) < 4.78 is 35.5. The van der Waals surface area contributed by atoms with Crippen LogP contribution in [0.25, 0.3) is 10.9 Å². The van der Waals surface area contributed by atoms with Gasteiger partial charge in [0, 0.05) is 69.8 Å². The van der Waals surface area contributed by atoms with E-state index in [1.165, 1.54) is 25.3 Å². The number of ether oxygens (including phenoxy) is 6. The minimum atomic E-state index is -1.65. The highest BCUT2D eigenvalue weighted by Gasteiger charge is 2.64. The Morgan fingerprint density at radius 2 is 1.78 bits per heavy atom. The van der Waals surface area contributed by atoms with Crippen LogP contribution in [0.4, 0.5) is 21.0 Å². The van der Waals surface area contributed by atoms with Crippen LogP contribution in [0.5, 0.6) is 5.75 Å². The number of amides is 5. The van der Waals surface area contributed by atoms with Gasteiger partial charge in [0.2, 0.25) is 11.8 Å². The quantitative estimate of drug-likeness (QED) is 0.0257. The normalized spacial score (nSPS) is 25.4. The third-order valence-corrected chi connectivity index (χ3v) is 17.6. The van der Waals surface area contributed by atoms with E-state index in [1.54, 1.807) is 69.4 Å². The summed E-state index contributed by atoms with van der Waals surface area (Å²) >= 11 is 6.88. The first-order valence-corrected chi connectivity index (χ1v) is 30.2. The Labute approximate surface area is 508 Å². The Morgan fingerprint density at radius 1 is 1.02 bits per heavy atom. The highest BCUT2D eigenvalue weighted by Crippen LogP contribution is 2.50. The molecule has 7 rings (SSSR count). The summed E-state index contributed by atoms with van der Waals surface area (Å²) in [6.07, 6.45) is 6.64. The van der Waals surface area contributed by atoms with Crippen molar-refractivity contribution >= 4 is 81.3 Å². The number of Topliss-reactive ketones (excluding diaryl/α,β-unsaturated/α-hetero) is 2. The van der Waals surface area contributed by atoms with E-state index in [2.05, 4.69) is 20.9 Å². The van der Waals surface area contributed by atoms with Crippen LogP contribution in [-0.2, 0) is 65.3 Å². The summed E-state index contributed by atoms with van der Waals surface area (Å²) in [6.45, 7) is 11.1. The highest BCUT2D eigenvalue weighted by atomic mass is 35.5. The van der Waals surface area contributed by atoms with E-state index in [1.807, 2.05) is 33.8 Å². The molecule has 10 atom stereocenters. The van der Waals surface area contributed by atoms with Crippen molar-refractivity contribution < 1.29 is 71.9 Å². The molecular weight excluding hydrogens is 1130 g/mol. The average molecular weight is 1210 g/mol. The minimum Gasteiger partial charge on any atom is -0.495 e. The van der Waals surface area contributed by atoms with Crippen LogP contribution in [0.1, 0.15) is 136 Å². The maximum absolute atomic E-state index is 14.6. The molecule has 6 N–H and O–H groups in total. The lowest BCUT2D eigenvalue weighted by molar-refractivity contribution is -0.187. The molecule has 1 saturated carbocycles. The number of aliphatic hydroxyl groups is 1. The largest absolute Gasteiger partial charge is 0.495 e. The topological polar surface area (TPSA) is 294 Å². The molecule has 4 bridgehead atoms. The second-order valence-corrected chi connectivity index (χ2v) is 24.5. The summed E-state index contributed by atoms with van der Waals surface area (Å²) in [5.74, 6) is -3.44. The van der Waals surface area contributed by atoms with E-state index in [9.17, 15) is 43.5 Å². The number of pyridine rings is 1. The number of rotatable bonds is 23. The van der Waals surface area contributed by atoms with Crippen molar-refractivity contribution in [2.75, 3.05) is 38.0 Å². The van der Waals surface area contributed by atoms with E-state index >= 15 is 0 Å². The summed E-state index contributed by atoms with van der Waals surface area (Å²) in [5.41, 5.74) is 5.39. The zero-order chi connectivity index (χ0) is 62.6. The number of nitrogens with one attached hydrogen (secondary N) is 3. The predicted molar refractivity (Wildman–Crippen MR) is 322 cm³/mol. The van der Waals surface area contributed by atoms with Crippen LogP contribution >= 0.6 is 11.6 Å². The van der Waals surface area contributed by atoms with Gasteiger partial charge in [-0.2, -0.15) is 0 Å². The SMILES string of the molecule is COc1cc2cc(c1Cl)N(C)C(=O)C[C@H](OC(=O)Nc1ccc(CC(=O)[C@H](CCCNC(N)=O)NC(=O)[C@@H](CC(=O)CCCCC(C)OC(=O)C3CCC3)C(C)C)c3cccnc13)[C@]1(C)O[C@H]1[C@H](C)[C@@H]1C[C@@](O)(CC(=O)O1)[C@H](OC)/C=C/C=C(\C)C2. The third kappa shape index (κ3) is 17.0. The Hall–Kier alpha value is -6.94. The Balaban J connectivity index is 1.08. The number of anilines is 2. The molecule has 1 unspecified atom stereocenters. The zero-order valence-corrected chi connectivity index (χ0v) is 51.6. The molecule has 3 fully saturated rings. The number of methoxy groups -OCH3 is 2. The van der Waals surface area contributed by atoms with Crippen molar-refractivity contribution in [2.45, 2.75) is 186 Å². The smallest absolute Gasteiger partial charge is 0.412 e. The molecule has 2 aromatic carbocycles. The van der Waals surface area contributed by atoms with Gasteiger partial charge in [0.15, 0.2) is 5.78 Å². The molecule has 4 heterocycles. The number of urea groups is 1. The van der Waals surface area contributed by atoms with Crippen LogP contribution in [0, 0.1) is 23.7 Å². The number of primary amides is 1. The molecule has 468 valence electrons. The summed E-state index contributed by atoms with van der Waals surface area (Å²) in [6, 6.07) is 8.42. The predicted octanol–water partition coefficient (Wildman–Crippen LogP) is 8.74. The summed E-state index contributed by atoms with van der Waals surface area (Å²) in [7, 11) is 4.48. The van der Waals surface area contributed by atoms with Gasteiger partial charge >= 0.3 is 24.1 Å². The van der Waals surface area contributed by atoms with E-state index in [0.717, 1.165) is 30.4 Å². The van der Waals surface area contributed by atoms with Crippen molar-refractivity contribution in [3.05, 3.63) is 82.5 Å². The molecule has 3 aliphatic heterocycles. The van der Waals surface area contributed by atoms with Gasteiger partial charge in [-0.3, -0.25) is 39.1 Å². The van der Waals surface area contributed by atoms with E-state index in [4.69, 9.17) is 45.8 Å². The van der Waals surface area contributed by atoms with Crippen LogP contribution in [0.2, 0.25) is 5.02 Å². The van der Waals surface area contributed by atoms with Crippen molar-refractivity contribution in [3.63, 3.8) is 0 Å². The zero-order valence-electron chi connectivity index (χ0n) is 50.9. The first-order valence-electron chi connectivity index (χ1n) is 29.9. The molecular formula is C64H85ClN6O15. The highest BCUT2D eigenvalue weighted by molar-refractivity contribution is 6.35. The van der Waals surface area contributed by atoms with Gasteiger partial charge in [0.05, 0.1) is 61.0 Å². The Kier molecular flexibility index (Phi) is 22.9. The standard InChI is InChI=1S/C64H85ClN6O15/c1-36(2)45(32-43(72)20-11-10-17-38(4)83-60(77)41-18-13-19-41)59(76)69-46(22-15-27-68-61(66)78)49(73)31-42-24-25-47(57-44(42)21-14-26-67-57)70-62(79)85-53-33-54(74)71(7)48-29-40(30-50(81-8)56(48)65)28-37(3)16-12-23-52(82-9)64(80)34-51(84-55(75)35-64)39(5)58-63(53,6)86-58/h12,14,16,21,23-26,29-30,36,38-39,41,45-46,51-53,58,80H,10-11,13,15,17-20,22,27-28,31-35H2,1-9H3,(H,69,76)(H,70,79)(H3,66,68,78)/b23-12+,37-16+/t38?,39-,45+,46+,51+,52-,53+,58+,63+,64-/m1/s1. The molecule has 3 aromatic rings. The van der Waals surface area contributed by atoms with Gasteiger partial charge in [-0.15, -0.1) is 0 Å². The molecule has 86 heavy (non-hydrogen) atoms. The first kappa shape index (κ1) is 66.6. The summed E-state index contributed by atoms with van der Waals surface area (Å²) in [5, 5.41) is 21.0. The van der Waals surface area contributed by atoms with Gasteiger partial charge in [0.25, 0.3) is 0 Å². The number of halogens is 1. The monoisotopic (exact) mass is 1210 g/mol. The number of hydrogen-bond acceptors (Lipinski definition) is 16. The number of fused-ring (bicyclic) bond motifs is 6. The third-order valence-electron chi connectivity index (χ3n) is 17.3. The molecule has 1 aromatic heterocycles. The molecule has 0 spiro atoms. The van der Waals surface area contributed by atoms with Crippen molar-refractivity contribution in [3.8, 4) is 5.75 Å². The van der Waals surface area contributed by atoms with Crippen molar-refractivity contribution in [1.29, 1.82) is 0 Å². The van der Waals surface area contributed by atoms with Crippen LogP contribution in [0.15, 0.2) is 66.4 Å². The van der Waals surface area contributed by atoms with Gasteiger partial charge in [-0.1, -0.05) is 74.7 Å². The lowest BCUT2D eigenvalue weighted by Gasteiger charge is -2.41. The van der Waals surface area contributed by atoms with Gasteiger partial charge in [0.1, 0.15) is 46.1 Å². The first-order chi connectivity index (χ1) is 40.8. The number of hydrogen-bond donors (Lipinski definition) is 5. The van der Waals surface area contributed by atoms with Gasteiger partial charge < -0.3 is 54.8 Å². The van der Waals surface area contributed by atoms with E-state index < -0.39 is 89.8 Å². The molecule has 21 nitrogen and oxygen atoms in total. The number of ketones is 2. The molecule has 1 aliphatic carbocycles. The fourth-order valence-electron chi connectivity index (χ4n) is 11.8. The number of unbranched alkanes of at least 4 members (excludes halogenated alkanes) is 1. The number of nitrogens with two attached hydrogens (primary N) is 1. The second kappa shape index (κ2) is 29.6. The van der Waals surface area contributed by atoms with Gasteiger partial charge in [-0.05, 0) is 113 Å². The van der Waals surface area contributed by atoms with Crippen LogP contribution in [-0.4, -0.2) is 133 Å². The fourth-order valence-corrected chi connectivity index (χ4v) is 12.1. The number of carbonyl (C=O) groups excluding carboxylic acids is 8. The number of carbonyl (C=O) groups is 8. The van der Waals surface area contributed by atoms with E-state index in [-0.39, 0.29) is 97.7 Å². The number of benzene rings is 2. The Morgan fingerprint density at radius 3 is 2.47 bits per heavy atom. The second-order valence-electron chi connectivity index (χ2n) is 24.2. The van der Waals surface area contributed by atoms with Crippen molar-refractivity contribution in [1.82, 2.24) is 15.6 Å². The molecule has 22 heteroatoms. The molecule has 2 saturated heterocycles. The number of epoxide rings is 1. The number of aromatic nitrogens is 1. The number of allylic oxidation sites excluding steroid dienone is 3. The van der Waals surface area contributed by atoms with Gasteiger partial charge in [-0.25, -0.2) is 9.59 Å². The Bertz CT molecular complexity index is 3060. The average Bonchev–Trinajstić information content (AvgIpc) is 1.71. The number of esters is 2. The van der Waals surface area contributed by atoms with Crippen LogP contribution in [0.3, 0.4) is 0 Å². The molecule has 0 radical (unpaired) electrons. The summed E-state index contributed by atoms with van der Waals surface area (Å²) in [4.78, 5) is 114.